The maximum atomic E-state index is 10.6. The molecule has 0 amide bonds. The van der Waals surface area contributed by atoms with Gasteiger partial charge in [-0.25, -0.2) is 9.59 Å². The lowest BCUT2D eigenvalue weighted by molar-refractivity contribution is -0.193. The number of carboxylic acid groups (broad SMARTS) is 2. The lowest BCUT2D eigenvalue weighted by Gasteiger charge is -2.20. The average molecular weight is 542 g/mol. The van der Waals surface area contributed by atoms with Crippen molar-refractivity contribution in [3.8, 4) is 0 Å². The number of carboxylic acids is 2. The van der Waals surface area contributed by atoms with Gasteiger partial charge in [0, 0.05) is 24.7 Å². The van der Waals surface area contributed by atoms with Crippen LogP contribution < -0.4 is 0 Å². The van der Waals surface area contributed by atoms with E-state index < -0.39 is 24.3 Å². The number of pyridine rings is 1. The van der Waals surface area contributed by atoms with Crippen molar-refractivity contribution >= 4 is 11.9 Å². The Balaban J connectivity index is 0.000000286. The van der Waals surface area contributed by atoms with Crippen molar-refractivity contribution in [1.82, 2.24) is 9.88 Å². The second-order valence-corrected chi connectivity index (χ2v) is 7.99. The summed E-state index contributed by atoms with van der Waals surface area (Å²) >= 11 is 0. The van der Waals surface area contributed by atoms with Gasteiger partial charge in [0.05, 0.1) is 38.2 Å². The first kappa shape index (κ1) is 30.1. The van der Waals surface area contributed by atoms with E-state index in [1.165, 1.54) is 0 Å². The number of hydrogen-bond acceptors (Lipinski definition) is 7. The topological polar surface area (TPSA) is 122 Å². The van der Waals surface area contributed by atoms with Crippen LogP contribution in [0.15, 0.2) is 40.9 Å². The first-order valence-corrected chi connectivity index (χ1v) is 10.7. The van der Waals surface area contributed by atoms with Crippen LogP contribution in [0.25, 0.3) is 0 Å². The zero-order chi connectivity index (χ0) is 27.8. The van der Waals surface area contributed by atoms with Crippen LogP contribution in [0, 0.1) is 12.8 Å². The Morgan fingerprint density at radius 3 is 2.16 bits per heavy atom. The Morgan fingerprint density at radius 1 is 1.05 bits per heavy atom. The molecule has 0 aromatic carbocycles. The normalized spacial score (nSPS) is 21.3. The standard InChI is InChI=1S/C18H22N2O3.2C2HF3O2/c1-13-5-6-15(23-13)8-20-9-18(16-11-21-12-17(16)20)22-10-14-4-2-3-7-19-14;2*3-2(4,5)1(6)7/h2-7,16-18H,8-12H2,1H3;2*(H,6,7)/t16-,17+,18-;;/m0../s1. The number of rotatable bonds is 5. The van der Waals surface area contributed by atoms with Crippen molar-refractivity contribution in [1.29, 1.82) is 0 Å². The Bertz CT molecular complexity index is 989. The Kier molecular flexibility index (Phi) is 10.5. The molecule has 0 saturated carbocycles. The molecule has 2 saturated heterocycles. The third-order valence-electron chi connectivity index (χ3n) is 5.27. The van der Waals surface area contributed by atoms with Crippen LogP contribution in [-0.2, 0) is 32.2 Å². The fourth-order valence-electron chi connectivity index (χ4n) is 3.60. The maximum Gasteiger partial charge on any atom is 0.490 e. The molecule has 2 N–H and O–H groups in total. The molecule has 0 spiro atoms. The highest BCUT2D eigenvalue weighted by Gasteiger charge is 2.46. The largest absolute Gasteiger partial charge is 0.490 e. The Hall–Kier alpha value is -3.17. The van der Waals surface area contributed by atoms with Crippen molar-refractivity contribution in [2.75, 3.05) is 19.8 Å². The lowest BCUT2D eigenvalue weighted by atomic mass is 10.0. The third-order valence-corrected chi connectivity index (χ3v) is 5.27. The van der Waals surface area contributed by atoms with Gasteiger partial charge in [-0.1, -0.05) is 6.07 Å². The van der Waals surface area contributed by atoms with E-state index in [2.05, 4.69) is 16.0 Å². The molecule has 4 rings (SSSR count). The maximum absolute atomic E-state index is 10.6. The molecule has 2 fully saturated rings. The number of carbonyl (C=O) groups is 2. The fourth-order valence-corrected chi connectivity index (χ4v) is 3.60. The first-order chi connectivity index (χ1) is 17.2. The molecule has 15 heteroatoms. The highest BCUT2D eigenvalue weighted by atomic mass is 19.4. The van der Waals surface area contributed by atoms with E-state index >= 15 is 0 Å². The van der Waals surface area contributed by atoms with Gasteiger partial charge in [0.15, 0.2) is 0 Å². The van der Waals surface area contributed by atoms with E-state index in [-0.39, 0.29) is 6.10 Å². The number of hydrogen-bond donors (Lipinski definition) is 2. The molecule has 2 aromatic rings. The summed E-state index contributed by atoms with van der Waals surface area (Å²) in [6, 6.07) is 10.4. The van der Waals surface area contributed by atoms with Crippen LogP contribution in [0.2, 0.25) is 0 Å². The van der Waals surface area contributed by atoms with Crippen LogP contribution in [0.3, 0.4) is 0 Å². The number of aromatic nitrogens is 1. The van der Waals surface area contributed by atoms with E-state index in [9.17, 15) is 26.3 Å². The fraction of sp³-hybridized carbons (Fsp3) is 0.500. The second kappa shape index (κ2) is 12.9. The first-order valence-electron chi connectivity index (χ1n) is 10.7. The summed E-state index contributed by atoms with van der Waals surface area (Å²) in [5.41, 5.74) is 0.975. The lowest BCUT2D eigenvalue weighted by Crippen LogP contribution is -2.32. The predicted octanol–water partition coefficient (Wildman–Crippen LogP) is 3.67. The van der Waals surface area contributed by atoms with Gasteiger partial charge in [-0.05, 0) is 31.2 Å². The minimum absolute atomic E-state index is 0.195. The number of aliphatic carboxylic acids is 2. The summed E-state index contributed by atoms with van der Waals surface area (Å²) in [6.45, 7) is 5.85. The molecule has 2 aromatic heterocycles. The van der Waals surface area contributed by atoms with E-state index in [0.717, 1.165) is 43.5 Å². The zero-order valence-electron chi connectivity index (χ0n) is 19.3. The molecule has 206 valence electrons. The number of fused-ring (bicyclic) bond motifs is 1. The molecule has 0 radical (unpaired) electrons. The summed E-state index contributed by atoms with van der Waals surface area (Å²) in [7, 11) is 0. The predicted molar refractivity (Wildman–Crippen MR) is 112 cm³/mol. The molecule has 0 aliphatic carbocycles. The van der Waals surface area contributed by atoms with Crippen molar-refractivity contribution in [3.05, 3.63) is 53.7 Å². The van der Waals surface area contributed by atoms with Gasteiger partial charge >= 0.3 is 24.3 Å². The quantitative estimate of drug-likeness (QED) is 0.545. The molecule has 0 bridgehead atoms. The summed E-state index contributed by atoms with van der Waals surface area (Å²) in [5, 5.41) is 14.2. The van der Waals surface area contributed by atoms with Crippen molar-refractivity contribution in [3.63, 3.8) is 0 Å². The molecule has 37 heavy (non-hydrogen) atoms. The Labute approximate surface area is 206 Å². The number of alkyl halides is 6. The number of furan rings is 1. The molecule has 0 unspecified atom stereocenters. The highest BCUT2D eigenvalue weighted by molar-refractivity contribution is 5.73. The minimum atomic E-state index is -5.08. The number of aryl methyl sites for hydroxylation is 1. The van der Waals surface area contributed by atoms with E-state index in [0.29, 0.717) is 18.6 Å². The van der Waals surface area contributed by atoms with E-state index in [1.807, 2.05) is 31.2 Å². The van der Waals surface area contributed by atoms with Gasteiger partial charge in [-0.2, -0.15) is 26.3 Å². The average Bonchev–Trinajstić information content (AvgIpc) is 3.51. The van der Waals surface area contributed by atoms with E-state index in [1.54, 1.807) is 6.20 Å². The third kappa shape index (κ3) is 9.66. The number of halogens is 6. The number of likely N-dealkylation sites (tertiary alicyclic amines) is 1. The molecule has 9 nitrogen and oxygen atoms in total. The van der Waals surface area contributed by atoms with Crippen LogP contribution in [0.1, 0.15) is 17.2 Å². The minimum Gasteiger partial charge on any atom is -0.475 e. The summed E-state index contributed by atoms with van der Waals surface area (Å²) in [5.74, 6) is -3.10. The SMILES string of the molecule is Cc1ccc(CN2C[C@H](OCc3ccccn3)[C@H]3COC[C@H]32)o1.O=C(O)C(F)(F)F.O=C(O)C(F)(F)F. The van der Waals surface area contributed by atoms with Crippen molar-refractivity contribution < 1.29 is 60.0 Å². The molecule has 3 atom stereocenters. The zero-order valence-corrected chi connectivity index (χ0v) is 19.3. The molecular weight excluding hydrogens is 518 g/mol. The molecule has 2 aliphatic heterocycles. The van der Waals surface area contributed by atoms with Gasteiger partial charge < -0.3 is 24.1 Å². The number of ether oxygens (including phenoxy) is 2. The van der Waals surface area contributed by atoms with Gasteiger partial charge in [-0.3, -0.25) is 9.88 Å². The van der Waals surface area contributed by atoms with Crippen molar-refractivity contribution in [2.45, 2.75) is 44.6 Å². The summed E-state index contributed by atoms with van der Waals surface area (Å²) in [6.07, 6.45) is -8.17. The number of nitrogens with zero attached hydrogens (tertiary/aromatic N) is 2. The highest BCUT2D eigenvalue weighted by Crippen LogP contribution is 2.33. The van der Waals surface area contributed by atoms with Crippen LogP contribution >= 0.6 is 0 Å². The van der Waals surface area contributed by atoms with E-state index in [4.69, 9.17) is 33.7 Å². The Morgan fingerprint density at radius 2 is 1.68 bits per heavy atom. The molecule has 4 heterocycles. The van der Waals surface area contributed by atoms with Crippen LogP contribution in [0.5, 0.6) is 0 Å². The van der Waals surface area contributed by atoms with Crippen LogP contribution in [-0.4, -0.2) is 76.3 Å². The summed E-state index contributed by atoms with van der Waals surface area (Å²) in [4.78, 5) is 24.6. The van der Waals surface area contributed by atoms with Gasteiger partial charge in [0.1, 0.15) is 11.5 Å². The van der Waals surface area contributed by atoms with Crippen molar-refractivity contribution in [2.24, 2.45) is 5.92 Å². The second-order valence-electron chi connectivity index (χ2n) is 7.99. The molecule has 2 aliphatic rings. The van der Waals surface area contributed by atoms with Gasteiger partial charge in [0.2, 0.25) is 0 Å². The monoisotopic (exact) mass is 542 g/mol. The van der Waals surface area contributed by atoms with Gasteiger partial charge in [0.25, 0.3) is 0 Å². The van der Waals surface area contributed by atoms with Crippen LogP contribution in [0.4, 0.5) is 26.3 Å². The molecular formula is C22H24F6N2O7. The summed E-state index contributed by atoms with van der Waals surface area (Å²) < 4.78 is 81.1. The van der Waals surface area contributed by atoms with Gasteiger partial charge in [-0.15, -0.1) is 0 Å². The smallest absolute Gasteiger partial charge is 0.475 e.